The summed E-state index contributed by atoms with van der Waals surface area (Å²) in [5.41, 5.74) is 1.72. The minimum absolute atomic E-state index is 0.0492. The maximum absolute atomic E-state index is 12.3. The van der Waals surface area contributed by atoms with E-state index in [1.165, 1.54) is 0 Å². The molecule has 114 valence electrons. The highest BCUT2D eigenvalue weighted by Crippen LogP contribution is 2.13. The molecule has 22 heavy (non-hydrogen) atoms. The number of para-hydroxylation sites is 1. The predicted octanol–water partition coefficient (Wildman–Crippen LogP) is 0.217. The molecule has 3 rings (SSSR count). The zero-order valence-electron chi connectivity index (χ0n) is 12.2. The van der Waals surface area contributed by atoms with Crippen LogP contribution in [0.5, 0.6) is 0 Å². The molecule has 1 aromatic carbocycles. The maximum atomic E-state index is 12.3. The van der Waals surface area contributed by atoms with E-state index in [1.807, 2.05) is 6.07 Å². The Morgan fingerprint density at radius 2 is 2.23 bits per heavy atom. The third-order valence-electron chi connectivity index (χ3n) is 3.58. The molecular weight excluding hydrogens is 284 g/mol. The lowest BCUT2D eigenvalue weighted by molar-refractivity contribution is -0.146. The fourth-order valence-electron chi connectivity index (χ4n) is 2.36. The van der Waals surface area contributed by atoms with Gasteiger partial charge < -0.3 is 15.0 Å². The Bertz CT molecular complexity index is 714. The summed E-state index contributed by atoms with van der Waals surface area (Å²) < 4.78 is 5.40. The van der Waals surface area contributed by atoms with E-state index >= 15 is 0 Å². The lowest BCUT2D eigenvalue weighted by atomic mass is 10.1. The van der Waals surface area contributed by atoms with Crippen LogP contribution >= 0.6 is 0 Å². The molecule has 0 radical (unpaired) electrons. The molecule has 2 amide bonds. The summed E-state index contributed by atoms with van der Waals surface area (Å²) in [5.74, 6) is -0.277. The highest BCUT2D eigenvalue weighted by molar-refractivity contribution is 6.04. The van der Waals surface area contributed by atoms with Crippen LogP contribution in [0.1, 0.15) is 10.4 Å². The second-order valence-corrected chi connectivity index (χ2v) is 5.15. The van der Waals surface area contributed by atoms with Gasteiger partial charge in [-0.25, -0.2) is 0 Å². The Kier molecular flexibility index (Phi) is 3.97. The largest absolute Gasteiger partial charge is 0.365 e. The minimum atomic E-state index is -0.228. The molecule has 1 saturated heterocycles. The lowest BCUT2D eigenvalue weighted by Crippen LogP contribution is -2.48. The van der Waals surface area contributed by atoms with Gasteiger partial charge in [-0.2, -0.15) is 0 Å². The van der Waals surface area contributed by atoms with Crippen molar-refractivity contribution in [1.29, 1.82) is 0 Å². The quantitative estimate of drug-likeness (QED) is 0.876. The average molecular weight is 300 g/mol. The SMILES string of the molecule is CN1C[C@H](CNC(=O)c2cccc3nccnc23)OCC1=O. The molecule has 0 bridgehead atoms. The van der Waals surface area contributed by atoms with E-state index in [0.29, 0.717) is 29.7 Å². The van der Waals surface area contributed by atoms with Crippen LogP contribution in [0.15, 0.2) is 30.6 Å². The van der Waals surface area contributed by atoms with Crippen molar-refractivity contribution in [3.63, 3.8) is 0 Å². The van der Waals surface area contributed by atoms with E-state index in [4.69, 9.17) is 4.74 Å². The molecule has 1 N–H and O–H groups in total. The highest BCUT2D eigenvalue weighted by Gasteiger charge is 2.24. The van der Waals surface area contributed by atoms with Crippen LogP contribution in [-0.4, -0.2) is 59.5 Å². The molecule has 1 aliphatic heterocycles. The van der Waals surface area contributed by atoms with Gasteiger partial charge >= 0.3 is 0 Å². The summed E-state index contributed by atoms with van der Waals surface area (Å²) in [6.45, 7) is 0.859. The van der Waals surface area contributed by atoms with Crippen LogP contribution in [0.3, 0.4) is 0 Å². The van der Waals surface area contributed by atoms with Crippen molar-refractivity contribution in [1.82, 2.24) is 20.2 Å². The molecule has 7 nitrogen and oxygen atoms in total. The Hall–Kier alpha value is -2.54. The predicted molar refractivity (Wildman–Crippen MR) is 79.2 cm³/mol. The number of nitrogens with one attached hydrogen (secondary N) is 1. The van der Waals surface area contributed by atoms with Gasteiger partial charge in [0.2, 0.25) is 5.91 Å². The van der Waals surface area contributed by atoms with Gasteiger partial charge in [-0.1, -0.05) is 6.07 Å². The minimum Gasteiger partial charge on any atom is -0.365 e. The number of hydrogen-bond donors (Lipinski definition) is 1. The molecule has 1 atom stereocenters. The van der Waals surface area contributed by atoms with Gasteiger partial charge in [0.05, 0.1) is 17.2 Å². The van der Waals surface area contributed by atoms with Gasteiger partial charge in [-0.05, 0) is 12.1 Å². The number of fused-ring (bicyclic) bond motifs is 1. The topological polar surface area (TPSA) is 84.4 Å². The van der Waals surface area contributed by atoms with Crippen molar-refractivity contribution in [3.05, 3.63) is 36.2 Å². The number of likely N-dealkylation sites (N-methyl/N-ethyl adjacent to an activating group) is 1. The molecule has 2 aromatic rings. The van der Waals surface area contributed by atoms with Gasteiger partial charge in [-0.3, -0.25) is 19.6 Å². The molecule has 0 aliphatic carbocycles. The average Bonchev–Trinajstić information content (AvgIpc) is 2.55. The van der Waals surface area contributed by atoms with Crippen LogP contribution < -0.4 is 5.32 Å². The first-order chi connectivity index (χ1) is 10.6. The van der Waals surface area contributed by atoms with Gasteiger partial charge in [0.1, 0.15) is 12.1 Å². The smallest absolute Gasteiger partial charge is 0.253 e. The van der Waals surface area contributed by atoms with E-state index in [9.17, 15) is 9.59 Å². The van der Waals surface area contributed by atoms with Crippen molar-refractivity contribution < 1.29 is 14.3 Å². The number of morpholine rings is 1. The molecule has 0 spiro atoms. The number of carbonyl (C=O) groups is 2. The Morgan fingerprint density at radius 1 is 1.41 bits per heavy atom. The zero-order valence-corrected chi connectivity index (χ0v) is 12.2. The second-order valence-electron chi connectivity index (χ2n) is 5.15. The van der Waals surface area contributed by atoms with Gasteiger partial charge in [-0.15, -0.1) is 0 Å². The molecule has 1 aromatic heterocycles. The Labute approximate surface area is 127 Å². The number of hydrogen-bond acceptors (Lipinski definition) is 5. The number of rotatable bonds is 3. The van der Waals surface area contributed by atoms with Gasteiger partial charge in [0.25, 0.3) is 5.91 Å². The van der Waals surface area contributed by atoms with E-state index < -0.39 is 0 Å². The van der Waals surface area contributed by atoms with E-state index in [-0.39, 0.29) is 24.5 Å². The molecule has 1 aliphatic rings. The number of amides is 2. The summed E-state index contributed by atoms with van der Waals surface area (Å²) in [5, 5.41) is 2.83. The molecule has 7 heteroatoms. The van der Waals surface area contributed by atoms with Gasteiger partial charge in [0, 0.05) is 32.5 Å². The van der Waals surface area contributed by atoms with Crippen LogP contribution in [0.25, 0.3) is 11.0 Å². The van der Waals surface area contributed by atoms with E-state index in [1.54, 1.807) is 36.5 Å². The zero-order chi connectivity index (χ0) is 15.5. The van der Waals surface area contributed by atoms with Crippen molar-refractivity contribution in [3.8, 4) is 0 Å². The van der Waals surface area contributed by atoms with Crippen molar-refractivity contribution in [2.45, 2.75) is 6.10 Å². The maximum Gasteiger partial charge on any atom is 0.253 e. The van der Waals surface area contributed by atoms with E-state index in [2.05, 4.69) is 15.3 Å². The van der Waals surface area contributed by atoms with Crippen LogP contribution in [0.2, 0.25) is 0 Å². The molecule has 0 unspecified atom stereocenters. The third-order valence-corrected chi connectivity index (χ3v) is 3.58. The summed E-state index contributed by atoms with van der Waals surface area (Å²) in [7, 11) is 1.72. The first-order valence-corrected chi connectivity index (χ1v) is 6.98. The lowest BCUT2D eigenvalue weighted by Gasteiger charge is -2.29. The standard InChI is InChI=1S/C15H16N4O3/c1-19-8-10(22-9-13(19)20)7-18-15(21)11-3-2-4-12-14(11)17-6-5-16-12/h2-6,10H,7-9H2,1H3,(H,18,21)/t10-/m0/s1. The fourth-order valence-corrected chi connectivity index (χ4v) is 2.36. The number of aromatic nitrogens is 2. The number of ether oxygens (including phenoxy) is 1. The monoisotopic (exact) mass is 300 g/mol. The fraction of sp³-hybridized carbons (Fsp3) is 0.333. The highest BCUT2D eigenvalue weighted by atomic mass is 16.5. The normalized spacial score (nSPS) is 18.5. The summed E-state index contributed by atoms with van der Waals surface area (Å²) >= 11 is 0. The Morgan fingerprint density at radius 3 is 3.05 bits per heavy atom. The van der Waals surface area contributed by atoms with Crippen molar-refractivity contribution in [2.75, 3.05) is 26.7 Å². The first kappa shape index (κ1) is 14.4. The summed E-state index contributed by atoms with van der Waals surface area (Å²) in [6, 6.07) is 5.29. The number of benzene rings is 1. The molecule has 1 fully saturated rings. The molecular formula is C15H16N4O3. The van der Waals surface area contributed by atoms with Crippen LogP contribution in [0.4, 0.5) is 0 Å². The third kappa shape index (κ3) is 2.89. The van der Waals surface area contributed by atoms with Crippen LogP contribution in [-0.2, 0) is 9.53 Å². The Balaban J connectivity index is 1.68. The summed E-state index contributed by atoms with van der Waals surface area (Å²) in [6.07, 6.45) is 2.95. The summed E-state index contributed by atoms with van der Waals surface area (Å²) in [4.78, 5) is 33.7. The number of carbonyl (C=O) groups excluding carboxylic acids is 2. The molecule has 2 heterocycles. The van der Waals surface area contributed by atoms with Crippen LogP contribution in [0, 0.1) is 0 Å². The first-order valence-electron chi connectivity index (χ1n) is 6.98. The number of nitrogens with zero attached hydrogens (tertiary/aromatic N) is 3. The van der Waals surface area contributed by atoms with E-state index in [0.717, 1.165) is 0 Å². The second kappa shape index (κ2) is 6.07. The molecule has 0 saturated carbocycles. The van der Waals surface area contributed by atoms with Crippen molar-refractivity contribution >= 4 is 22.8 Å². The van der Waals surface area contributed by atoms with Gasteiger partial charge in [0.15, 0.2) is 0 Å². The van der Waals surface area contributed by atoms with Crippen molar-refractivity contribution in [2.24, 2.45) is 0 Å².